The second kappa shape index (κ2) is 11.0. The lowest BCUT2D eigenvalue weighted by atomic mass is 10.2. The first-order valence-electron chi connectivity index (χ1n) is 10.5. The molecule has 0 aliphatic carbocycles. The molecular formula is C26H23NO4S2. The van der Waals surface area contributed by atoms with Crippen molar-refractivity contribution in [3.05, 3.63) is 89.3 Å². The van der Waals surface area contributed by atoms with Crippen molar-refractivity contribution < 1.29 is 19.0 Å². The van der Waals surface area contributed by atoms with Crippen molar-refractivity contribution in [3.63, 3.8) is 0 Å². The van der Waals surface area contributed by atoms with Gasteiger partial charge in [-0.15, -0.1) is 0 Å². The summed E-state index contributed by atoms with van der Waals surface area (Å²) in [5.74, 6) is 2.21. The molecule has 0 spiro atoms. The summed E-state index contributed by atoms with van der Waals surface area (Å²) < 4.78 is 17.2. The molecule has 3 aromatic carbocycles. The Bertz CT molecular complexity index is 1150. The Balaban J connectivity index is 1.27. The van der Waals surface area contributed by atoms with Crippen LogP contribution in [0.2, 0.25) is 0 Å². The average Bonchev–Trinajstić information content (AvgIpc) is 3.13. The van der Waals surface area contributed by atoms with Gasteiger partial charge >= 0.3 is 0 Å². The van der Waals surface area contributed by atoms with Gasteiger partial charge in [0.2, 0.25) is 0 Å². The standard InChI is InChI=1S/C26H23NO4S2/c1-29-22-9-5-10-23(18-22)31-16-6-15-30-21-13-11-19(12-14-21)17-24-25(28)27(26(32)33-24)20-7-3-2-4-8-20/h2-5,7-14,17-18H,6,15-16H2,1H3. The van der Waals surface area contributed by atoms with Crippen LogP contribution in [0.3, 0.4) is 0 Å². The van der Waals surface area contributed by atoms with Crippen molar-refractivity contribution in [2.24, 2.45) is 0 Å². The van der Waals surface area contributed by atoms with Gasteiger partial charge in [0.25, 0.3) is 5.91 Å². The Labute approximate surface area is 203 Å². The van der Waals surface area contributed by atoms with E-state index in [1.807, 2.05) is 84.9 Å². The molecule has 168 valence electrons. The second-order valence-corrected chi connectivity index (χ2v) is 8.83. The fourth-order valence-electron chi connectivity index (χ4n) is 3.21. The van der Waals surface area contributed by atoms with Crippen LogP contribution in [0.4, 0.5) is 5.69 Å². The molecule has 1 aliphatic heterocycles. The quantitative estimate of drug-likeness (QED) is 0.216. The predicted octanol–water partition coefficient (Wildman–Crippen LogP) is 5.95. The third kappa shape index (κ3) is 5.94. The Morgan fingerprint density at radius 1 is 0.879 bits per heavy atom. The third-order valence-corrected chi connectivity index (χ3v) is 6.16. The van der Waals surface area contributed by atoms with Crippen molar-refractivity contribution in [1.82, 2.24) is 0 Å². The van der Waals surface area contributed by atoms with E-state index in [1.54, 1.807) is 12.0 Å². The number of nitrogens with zero attached hydrogens (tertiary/aromatic N) is 1. The third-order valence-electron chi connectivity index (χ3n) is 4.85. The molecule has 1 fully saturated rings. The molecule has 7 heteroatoms. The molecule has 0 radical (unpaired) electrons. The molecule has 1 saturated heterocycles. The van der Waals surface area contributed by atoms with E-state index >= 15 is 0 Å². The first kappa shape index (κ1) is 22.9. The van der Waals surface area contributed by atoms with Gasteiger partial charge in [-0.25, -0.2) is 0 Å². The summed E-state index contributed by atoms with van der Waals surface area (Å²) in [6.07, 6.45) is 2.61. The van der Waals surface area contributed by atoms with E-state index < -0.39 is 0 Å². The van der Waals surface area contributed by atoms with Gasteiger partial charge in [0.1, 0.15) is 17.2 Å². The zero-order chi connectivity index (χ0) is 23.0. The largest absolute Gasteiger partial charge is 0.497 e. The minimum absolute atomic E-state index is 0.104. The SMILES string of the molecule is COc1cccc(OCCCOc2ccc(C=C3SC(=S)N(c4ccccc4)C3=O)cc2)c1. The van der Waals surface area contributed by atoms with Crippen LogP contribution in [0.1, 0.15) is 12.0 Å². The van der Waals surface area contributed by atoms with Gasteiger partial charge in [-0.05, 0) is 48.0 Å². The van der Waals surface area contributed by atoms with E-state index in [-0.39, 0.29) is 5.91 Å². The molecule has 0 N–H and O–H groups in total. The Kier molecular flexibility index (Phi) is 7.65. The molecule has 1 aliphatic rings. The number of hydrogen-bond acceptors (Lipinski definition) is 6. The van der Waals surface area contributed by atoms with E-state index in [4.69, 9.17) is 26.4 Å². The van der Waals surface area contributed by atoms with Crippen LogP contribution < -0.4 is 19.1 Å². The number of rotatable bonds is 9. The normalized spacial score (nSPS) is 14.6. The van der Waals surface area contributed by atoms with Gasteiger partial charge in [-0.2, -0.15) is 0 Å². The van der Waals surface area contributed by atoms with Gasteiger partial charge < -0.3 is 14.2 Å². The van der Waals surface area contributed by atoms with Crippen LogP contribution in [0, 0.1) is 0 Å². The molecule has 1 amide bonds. The lowest BCUT2D eigenvalue weighted by molar-refractivity contribution is -0.113. The average molecular weight is 478 g/mol. The molecule has 0 aromatic heterocycles. The molecule has 0 atom stereocenters. The summed E-state index contributed by atoms with van der Waals surface area (Å²) in [4.78, 5) is 15.0. The number of methoxy groups -OCH3 is 1. The van der Waals surface area contributed by atoms with Gasteiger partial charge in [0.05, 0.1) is 30.9 Å². The number of carbonyl (C=O) groups is 1. The maximum atomic E-state index is 12.8. The first-order valence-corrected chi connectivity index (χ1v) is 11.7. The molecule has 5 nitrogen and oxygen atoms in total. The molecule has 1 heterocycles. The number of para-hydroxylation sites is 1. The predicted molar refractivity (Wildman–Crippen MR) is 137 cm³/mol. The number of amides is 1. The van der Waals surface area contributed by atoms with Crippen LogP contribution >= 0.6 is 24.0 Å². The number of anilines is 1. The van der Waals surface area contributed by atoms with E-state index in [0.29, 0.717) is 22.4 Å². The lowest BCUT2D eigenvalue weighted by Crippen LogP contribution is -2.27. The number of benzene rings is 3. The molecular weight excluding hydrogens is 454 g/mol. The number of carbonyl (C=O) groups excluding carboxylic acids is 1. The van der Waals surface area contributed by atoms with Crippen LogP contribution in [-0.2, 0) is 4.79 Å². The van der Waals surface area contributed by atoms with E-state index in [0.717, 1.165) is 34.9 Å². The highest BCUT2D eigenvalue weighted by Gasteiger charge is 2.33. The Morgan fingerprint density at radius 3 is 2.30 bits per heavy atom. The Hall–Kier alpha value is -3.29. The zero-order valence-electron chi connectivity index (χ0n) is 18.1. The number of ether oxygens (including phenoxy) is 3. The van der Waals surface area contributed by atoms with E-state index in [9.17, 15) is 4.79 Å². The smallest absolute Gasteiger partial charge is 0.270 e. The van der Waals surface area contributed by atoms with Crippen molar-refractivity contribution in [2.75, 3.05) is 25.2 Å². The second-order valence-electron chi connectivity index (χ2n) is 7.15. The fraction of sp³-hybridized carbons (Fsp3) is 0.154. The van der Waals surface area contributed by atoms with Crippen LogP contribution in [0.15, 0.2) is 83.8 Å². The van der Waals surface area contributed by atoms with Crippen molar-refractivity contribution in [1.29, 1.82) is 0 Å². The summed E-state index contributed by atoms with van der Waals surface area (Å²) in [5, 5.41) is 0. The van der Waals surface area contributed by atoms with Gasteiger partial charge in [0.15, 0.2) is 4.32 Å². The first-order chi connectivity index (χ1) is 16.1. The van der Waals surface area contributed by atoms with Crippen molar-refractivity contribution in [3.8, 4) is 17.2 Å². The van der Waals surface area contributed by atoms with Gasteiger partial charge in [-0.3, -0.25) is 9.69 Å². The molecule has 33 heavy (non-hydrogen) atoms. The minimum atomic E-state index is -0.104. The van der Waals surface area contributed by atoms with E-state index in [1.165, 1.54) is 11.8 Å². The summed E-state index contributed by atoms with van der Waals surface area (Å²) >= 11 is 6.73. The molecule has 4 rings (SSSR count). The summed E-state index contributed by atoms with van der Waals surface area (Å²) in [6.45, 7) is 1.09. The topological polar surface area (TPSA) is 48.0 Å². The van der Waals surface area contributed by atoms with Crippen LogP contribution in [-0.4, -0.2) is 30.6 Å². The summed E-state index contributed by atoms with van der Waals surface area (Å²) in [6, 6.07) is 24.6. The van der Waals surface area contributed by atoms with Crippen LogP contribution in [0.5, 0.6) is 17.2 Å². The number of hydrogen-bond donors (Lipinski definition) is 0. The maximum absolute atomic E-state index is 12.8. The molecule has 0 unspecified atom stereocenters. The summed E-state index contributed by atoms with van der Waals surface area (Å²) in [5.41, 5.74) is 1.69. The van der Waals surface area contributed by atoms with Crippen molar-refractivity contribution >= 4 is 46.0 Å². The Morgan fingerprint density at radius 2 is 1.58 bits per heavy atom. The van der Waals surface area contributed by atoms with Gasteiger partial charge in [0, 0.05) is 12.5 Å². The number of thioether (sulfide) groups is 1. The van der Waals surface area contributed by atoms with Crippen LogP contribution in [0.25, 0.3) is 6.08 Å². The lowest BCUT2D eigenvalue weighted by Gasteiger charge is -2.13. The molecule has 0 bridgehead atoms. The highest BCUT2D eigenvalue weighted by molar-refractivity contribution is 8.27. The zero-order valence-corrected chi connectivity index (χ0v) is 19.7. The maximum Gasteiger partial charge on any atom is 0.270 e. The van der Waals surface area contributed by atoms with E-state index in [2.05, 4.69) is 0 Å². The molecule has 3 aromatic rings. The summed E-state index contributed by atoms with van der Waals surface area (Å²) in [7, 11) is 1.63. The fourth-order valence-corrected chi connectivity index (χ4v) is 4.51. The molecule has 0 saturated carbocycles. The highest BCUT2D eigenvalue weighted by Crippen LogP contribution is 2.36. The highest BCUT2D eigenvalue weighted by atomic mass is 32.2. The van der Waals surface area contributed by atoms with Gasteiger partial charge in [-0.1, -0.05) is 60.4 Å². The minimum Gasteiger partial charge on any atom is -0.497 e. The monoisotopic (exact) mass is 477 g/mol. The van der Waals surface area contributed by atoms with Crippen molar-refractivity contribution in [2.45, 2.75) is 6.42 Å². The number of thiocarbonyl (C=S) groups is 1.